The second-order valence-corrected chi connectivity index (χ2v) is 5.84. The van der Waals surface area contributed by atoms with Gasteiger partial charge in [-0.3, -0.25) is 0 Å². The fourth-order valence-corrected chi connectivity index (χ4v) is 2.65. The maximum absolute atomic E-state index is 6.13. The summed E-state index contributed by atoms with van der Waals surface area (Å²) >= 11 is 12.1. The minimum Gasteiger partial charge on any atom is -0.488 e. The average molecular weight is 345 g/mol. The van der Waals surface area contributed by atoms with Crippen LogP contribution in [0, 0.1) is 0 Å². The van der Waals surface area contributed by atoms with Crippen molar-refractivity contribution in [3.63, 3.8) is 0 Å². The van der Waals surface area contributed by atoms with Crippen LogP contribution in [0.2, 0.25) is 10.2 Å². The van der Waals surface area contributed by atoms with Gasteiger partial charge in [0.05, 0.1) is 0 Å². The lowest BCUT2D eigenvalue weighted by Gasteiger charge is -2.13. The Hall–Kier alpha value is -2.23. The van der Waals surface area contributed by atoms with Crippen LogP contribution in [0.25, 0.3) is 11.1 Å². The Morgan fingerprint density at radius 3 is 2.48 bits per heavy atom. The van der Waals surface area contributed by atoms with Crippen LogP contribution < -0.4 is 10.5 Å². The predicted molar refractivity (Wildman–Crippen MR) is 94.9 cm³/mol. The van der Waals surface area contributed by atoms with Gasteiger partial charge >= 0.3 is 0 Å². The van der Waals surface area contributed by atoms with Crippen molar-refractivity contribution in [1.82, 2.24) is 4.98 Å². The van der Waals surface area contributed by atoms with E-state index in [1.54, 1.807) is 18.2 Å². The maximum atomic E-state index is 6.13. The van der Waals surface area contributed by atoms with Crippen LogP contribution in [0.15, 0.2) is 60.7 Å². The Kier molecular flexibility index (Phi) is 4.70. The third-order valence-corrected chi connectivity index (χ3v) is 3.73. The summed E-state index contributed by atoms with van der Waals surface area (Å²) < 4.78 is 5.95. The van der Waals surface area contributed by atoms with Gasteiger partial charge in [-0.05, 0) is 41.5 Å². The van der Waals surface area contributed by atoms with Crippen molar-refractivity contribution in [2.45, 2.75) is 6.61 Å². The number of nitrogen functional groups attached to an aromatic ring is 1. The molecule has 0 fully saturated rings. The molecular weight excluding hydrogens is 331 g/mol. The number of halogens is 2. The number of ether oxygens (including phenoxy) is 1. The smallest absolute Gasteiger partial charge is 0.132 e. The number of hydrogen-bond acceptors (Lipinski definition) is 3. The molecule has 0 spiro atoms. The number of benzene rings is 2. The number of nitrogens with two attached hydrogens (primary N) is 1. The van der Waals surface area contributed by atoms with Gasteiger partial charge < -0.3 is 10.5 Å². The van der Waals surface area contributed by atoms with Gasteiger partial charge in [0, 0.05) is 10.6 Å². The minimum atomic E-state index is 0.328. The molecule has 0 aliphatic rings. The van der Waals surface area contributed by atoms with Crippen molar-refractivity contribution < 1.29 is 4.74 Å². The Morgan fingerprint density at radius 1 is 0.957 bits per heavy atom. The highest BCUT2D eigenvalue weighted by atomic mass is 35.5. The van der Waals surface area contributed by atoms with E-state index in [-0.39, 0.29) is 0 Å². The quantitative estimate of drug-likeness (QED) is 0.660. The van der Waals surface area contributed by atoms with E-state index in [9.17, 15) is 0 Å². The van der Waals surface area contributed by atoms with Crippen LogP contribution in [-0.2, 0) is 6.61 Å². The zero-order valence-corrected chi connectivity index (χ0v) is 13.7. The molecule has 0 aliphatic carbocycles. The van der Waals surface area contributed by atoms with Gasteiger partial charge in [0.1, 0.15) is 23.3 Å². The molecule has 2 N–H and O–H groups in total. The van der Waals surface area contributed by atoms with Crippen LogP contribution in [0.1, 0.15) is 5.56 Å². The summed E-state index contributed by atoms with van der Waals surface area (Å²) in [6.45, 7) is 0.462. The molecule has 0 radical (unpaired) electrons. The molecule has 23 heavy (non-hydrogen) atoms. The number of nitrogens with zero attached hydrogens (tertiary/aromatic N) is 1. The van der Waals surface area contributed by atoms with Gasteiger partial charge in [-0.1, -0.05) is 53.5 Å². The van der Waals surface area contributed by atoms with E-state index in [1.807, 2.05) is 42.5 Å². The minimum absolute atomic E-state index is 0.328. The van der Waals surface area contributed by atoms with Crippen molar-refractivity contribution in [2.24, 2.45) is 0 Å². The van der Waals surface area contributed by atoms with Gasteiger partial charge in [0.2, 0.25) is 0 Å². The average Bonchev–Trinajstić information content (AvgIpc) is 2.54. The van der Waals surface area contributed by atoms with E-state index in [1.165, 1.54) is 0 Å². The molecule has 3 nitrogen and oxygen atoms in total. The number of hydrogen-bond donors (Lipinski definition) is 1. The summed E-state index contributed by atoms with van der Waals surface area (Å²) in [4.78, 5) is 3.97. The first-order chi connectivity index (χ1) is 11.1. The normalized spacial score (nSPS) is 10.5. The molecule has 1 heterocycles. The Morgan fingerprint density at radius 2 is 1.74 bits per heavy atom. The number of aromatic nitrogens is 1. The summed E-state index contributed by atoms with van der Waals surface area (Å²) in [6, 6.07) is 18.9. The van der Waals surface area contributed by atoms with E-state index in [0.717, 1.165) is 16.7 Å². The van der Waals surface area contributed by atoms with Crippen molar-refractivity contribution >= 4 is 29.0 Å². The monoisotopic (exact) mass is 344 g/mol. The van der Waals surface area contributed by atoms with E-state index < -0.39 is 0 Å². The molecule has 0 saturated carbocycles. The largest absolute Gasteiger partial charge is 0.488 e. The second-order valence-electron chi connectivity index (χ2n) is 5.02. The number of pyridine rings is 1. The third kappa shape index (κ3) is 3.95. The topological polar surface area (TPSA) is 48.1 Å². The standard InChI is InChI=1S/C18H14Cl2N2O/c19-14-6-7-16(23-11-12-4-2-1-3-5-12)15(10-14)13-8-17(20)22-18(21)9-13/h1-10H,11H2,(H2,21,22). The van der Waals surface area contributed by atoms with Crippen molar-refractivity contribution in [3.8, 4) is 16.9 Å². The molecule has 0 amide bonds. The second kappa shape index (κ2) is 6.90. The first kappa shape index (κ1) is 15.7. The van der Waals surface area contributed by atoms with E-state index >= 15 is 0 Å². The van der Waals surface area contributed by atoms with Gasteiger partial charge in [-0.15, -0.1) is 0 Å². The molecule has 0 unspecified atom stereocenters. The first-order valence-corrected chi connectivity index (χ1v) is 7.77. The van der Waals surface area contributed by atoms with E-state index in [2.05, 4.69) is 4.98 Å². The molecule has 116 valence electrons. The fourth-order valence-electron chi connectivity index (χ4n) is 2.26. The number of rotatable bonds is 4. The maximum Gasteiger partial charge on any atom is 0.132 e. The Bertz CT molecular complexity index is 802. The lowest BCUT2D eigenvalue weighted by Crippen LogP contribution is -1.98. The summed E-state index contributed by atoms with van der Waals surface area (Å²) in [7, 11) is 0. The summed E-state index contributed by atoms with van der Waals surface area (Å²) in [5.41, 5.74) is 8.50. The Labute approximate surface area is 144 Å². The molecule has 0 saturated heterocycles. The van der Waals surface area contributed by atoms with Crippen LogP contribution >= 0.6 is 23.2 Å². The van der Waals surface area contributed by atoms with E-state index in [0.29, 0.717) is 28.3 Å². The predicted octanol–water partition coefficient (Wildman–Crippen LogP) is 5.22. The van der Waals surface area contributed by atoms with Crippen LogP contribution in [0.4, 0.5) is 5.82 Å². The van der Waals surface area contributed by atoms with Crippen LogP contribution in [-0.4, -0.2) is 4.98 Å². The van der Waals surface area contributed by atoms with Gasteiger partial charge in [0.25, 0.3) is 0 Å². The molecule has 0 bridgehead atoms. The van der Waals surface area contributed by atoms with Crippen molar-refractivity contribution in [2.75, 3.05) is 5.73 Å². The van der Waals surface area contributed by atoms with Gasteiger partial charge in [-0.25, -0.2) is 4.98 Å². The molecule has 3 rings (SSSR count). The summed E-state index contributed by atoms with van der Waals surface area (Å²) in [5, 5.41) is 0.938. The Balaban J connectivity index is 1.94. The molecule has 3 aromatic rings. The molecule has 2 aromatic carbocycles. The fraction of sp³-hybridized carbons (Fsp3) is 0.0556. The number of anilines is 1. The molecule has 5 heteroatoms. The molecule has 0 atom stereocenters. The SMILES string of the molecule is Nc1cc(-c2cc(Cl)ccc2OCc2ccccc2)cc(Cl)n1. The van der Waals surface area contributed by atoms with E-state index in [4.69, 9.17) is 33.7 Å². The zero-order valence-electron chi connectivity index (χ0n) is 12.2. The third-order valence-electron chi connectivity index (χ3n) is 3.30. The zero-order chi connectivity index (χ0) is 16.2. The van der Waals surface area contributed by atoms with Gasteiger partial charge in [0.15, 0.2) is 0 Å². The highest BCUT2D eigenvalue weighted by Gasteiger charge is 2.10. The van der Waals surface area contributed by atoms with Crippen LogP contribution in [0.3, 0.4) is 0 Å². The lowest BCUT2D eigenvalue weighted by atomic mass is 10.1. The summed E-state index contributed by atoms with van der Waals surface area (Å²) in [5.74, 6) is 1.06. The first-order valence-electron chi connectivity index (χ1n) is 7.01. The highest BCUT2D eigenvalue weighted by molar-refractivity contribution is 6.31. The van der Waals surface area contributed by atoms with Crippen molar-refractivity contribution in [3.05, 3.63) is 76.4 Å². The molecular formula is C18H14Cl2N2O. The van der Waals surface area contributed by atoms with Crippen molar-refractivity contribution in [1.29, 1.82) is 0 Å². The van der Waals surface area contributed by atoms with Gasteiger partial charge in [-0.2, -0.15) is 0 Å². The molecule has 0 aliphatic heterocycles. The lowest BCUT2D eigenvalue weighted by molar-refractivity contribution is 0.307. The summed E-state index contributed by atoms with van der Waals surface area (Å²) in [6.07, 6.45) is 0. The van der Waals surface area contributed by atoms with Crippen LogP contribution in [0.5, 0.6) is 5.75 Å². The molecule has 1 aromatic heterocycles. The highest BCUT2D eigenvalue weighted by Crippen LogP contribution is 2.34.